The molecule has 0 bridgehead atoms. The number of hydrogen-bond donors (Lipinski definition) is 2. The van der Waals surface area contributed by atoms with E-state index in [-0.39, 0.29) is 6.54 Å². The minimum absolute atomic E-state index is 0.278. The second kappa shape index (κ2) is 23.4. The molecule has 0 heterocycles. The first-order valence-electron chi connectivity index (χ1n) is 10.8. The van der Waals surface area contributed by atoms with Gasteiger partial charge in [0.25, 0.3) is 0 Å². The van der Waals surface area contributed by atoms with E-state index in [0.29, 0.717) is 0 Å². The van der Waals surface area contributed by atoms with Crippen LogP contribution < -0.4 is 5.73 Å². The van der Waals surface area contributed by atoms with Gasteiger partial charge in [0.05, 0.1) is 6.54 Å². The molecule has 0 aromatic rings. The number of nitrogens with zero attached hydrogens (tertiary/aromatic N) is 1. The number of rotatable bonds is 17. The zero-order chi connectivity index (χ0) is 19.2. The van der Waals surface area contributed by atoms with Gasteiger partial charge in [0.15, 0.2) is 0 Å². The van der Waals surface area contributed by atoms with Gasteiger partial charge >= 0.3 is 5.97 Å². The minimum Gasteiger partial charge on any atom is -0.480 e. The third-order valence-corrected chi connectivity index (χ3v) is 4.65. The van der Waals surface area contributed by atoms with Crippen molar-refractivity contribution in [2.24, 2.45) is 5.73 Å². The predicted molar refractivity (Wildman–Crippen MR) is 110 cm³/mol. The van der Waals surface area contributed by atoms with Crippen molar-refractivity contribution in [3.63, 3.8) is 0 Å². The summed E-state index contributed by atoms with van der Waals surface area (Å²) in [7, 11) is 0. The van der Waals surface area contributed by atoms with Crippen LogP contribution in [0.1, 0.15) is 104 Å². The fraction of sp³-hybridized carbons (Fsp3) is 0.952. The van der Waals surface area contributed by atoms with Crippen LogP contribution in [0.25, 0.3) is 0 Å². The second-order valence-corrected chi connectivity index (χ2v) is 6.87. The van der Waals surface area contributed by atoms with Gasteiger partial charge in [0.1, 0.15) is 0 Å². The highest BCUT2D eigenvalue weighted by Gasteiger charge is 1.98. The maximum atomic E-state index is 9.24. The van der Waals surface area contributed by atoms with Gasteiger partial charge in [-0.25, -0.2) is 0 Å². The van der Waals surface area contributed by atoms with Crippen LogP contribution in [0.15, 0.2) is 0 Å². The van der Waals surface area contributed by atoms with E-state index in [0.717, 1.165) is 0 Å². The molecule has 0 saturated carbocycles. The Balaban J connectivity index is 0. The molecule has 0 atom stereocenters. The summed E-state index contributed by atoms with van der Waals surface area (Å²) < 4.78 is 0. The fourth-order valence-electron chi connectivity index (χ4n) is 2.89. The zero-order valence-corrected chi connectivity index (χ0v) is 17.4. The summed E-state index contributed by atoms with van der Waals surface area (Å²) in [4.78, 5) is 11.8. The quantitative estimate of drug-likeness (QED) is 0.339. The molecule has 0 radical (unpaired) electrons. The van der Waals surface area contributed by atoms with Crippen molar-refractivity contribution in [1.82, 2.24) is 4.90 Å². The van der Waals surface area contributed by atoms with Crippen molar-refractivity contribution in [3.8, 4) is 0 Å². The molecule has 4 nitrogen and oxygen atoms in total. The number of nitrogens with two attached hydrogens (primary N) is 1. The van der Waals surface area contributed by atoms with Crippen LogP contribution in [-0.4, -0.2) is 42.2 Å². The average Bonchev–Trinajstić information content (AvgIpc) is 2.62. The lowest BCUT2D eigenvalue weighted by Crippen LogP contribution is -2.23. The topological polar surface area (TPSA) is 66.6 Å². The maximum absolute atomic E-state index is 9.24. The van der Waals surface area contributed by atoms with Gasteiger partial charge in [-0.05, 0) is 26.1 Å². The molecule has 0 amide bonds. The van der Waals surface area contributed by atoms with Crippen molar-refractivity contribution in [3.05, 3.63) is 0 Å². The number of carboxylic acids is 1. The standard InChI is InChI=1S/C19H41N.C2H5NO2/c1-4-7-8-9-10-11-12-13-14-15-16-17-18-19-20(5-2)6-3;3-1-2(4)5/h4-19H2,1-3H3;1,3H2,(H,4,5). The van der Waals surface area contributed by atoms with Crippen LogP contribution in [0.4, 0.5) is 0 Å². The first-order valence-corrected chi connectivity index (χ1v) is 10.8. The zero-order valence-electron chi connectivity index (χ0n) is 17.4. The first-order chi connectivity index (χ1) is 12.1. The van der Waals surface area contributed by atoms with Gasteiger partial charge in [0.2, 0.25) is 0 Å². The highest BCUT2D eigenvalue weighted by Crippen LogP contribution is 2.12. The minimum atomic E-state index is -0.968. The molecule has 0 fully saturated rings. The average molecular weight is 359 g/mol. The summed E-state index contributed by atoms with van der Waals surface area (Å²) in [6, 6.07) is 0. The molecular weight excluding hydrogens is 312 g/mol. The lowest BCUT2D eigenvalue weighted by molar-refractivity contribution is -0.135. The lowest BCUT2D eigenvalue weighted by atomic mass is 10.0. The van der Waals surface area contributed by atoms with Gasteiger partial charge in [-0.1, -0.05) is 97.8 Å². The Labute approximate surface area is 157 Å². The van der Waals surface area contributed by atoms with Crippen LogP contribution in [0, 0.1) is 0 Å². The number of hydrogen-bond acceptors (Lipinski definition) is 3. The SMILES string of the molecule is CCCCCCCCCCCCCCCN(CC)CC.NCC(=O)O. The summed E-state index contributed by atoms with van der Waals surface area (Å²) in [5.41, 5.74) is 4.57. The van der Waals surface area contributed by atoms with Crippen LogP contribution in [-0.2, 0) is 4.79 Å². The number of unbranched alkanes of at least 4 members (excludes halogenated alkanes) is 12. The summed E-state index contributed by atoms with van der Waals surface area (Å²) >= 11 is 0. The summed E-state index contributed by atoms with van der Waals surface area (Å²) in [5, 5.41) is 7.60. The Morgan fingerprint density at radius 1 is 0.720 bits per heavy atom. The molecule has 3 N–H and O–H groups in total. The maximum Gasteiger partial charge on any atom is 0.317 e. The second-order valence-electron chi connectivity index (χ2n) is 6.87. The molecule has 0 spiro atoms. The van der Waals surface area contributed by atoms with E-state index in [2.05, 4.69) is 31.4 Å². The molecule has 0 rings (SSSR count). The third-order valence-electron chi connectivity index (χ3n) is 4.65. The summed E-state index contributed by atoms with van der Waals surface area (Å²) in [6.07, 6.45) is 18.9. The normalized spacial score (nSPS) is 10.6. The van der Waals surface area contributed by atoms with E-state index < -0.39 is 5.97 Å². The molecular formula is C21H46N2O2. The van der Waals surface area contributed by atoms with Gasteiger partial charge in [-0.3, -0.25) is 4.79 Å². The highest BCUT2D eigenvalue weighted by molar-refractivity contribution is 5.68. The van der Waals surface area contributed by atoms with E-state index in [4.69, 9.17) is 5.11 Å². The van der Waals surface area contributed by atoms with Crippen molar-refractivity contribution < 1.29 is 9.90 Å². The molecule has 0 aromatic heterocycles. The Morgan fingerprint density at radius 2 is 1.04 bits per heavy atom. The molecule has 0 aromatic carbocycles. The fourth-order valence-corrected chi connectivity index (χ4v) is 2.89. The number of carboxylic acid groups (broad SMARTS) is 1. The van der Waals surface area contributed by atoms with Crippen molar-refractivity contribution in [1.29, 1.82) is 0 Å². The Bertz CT molecular complexity index is 256. The smallest absolute Gasteiger partial charge is 0.317 e. The Hall–Kier alpha value is -0.610. The van der Waals surface area contributed by atoms with Gasteiger partial charge in [-0.2, -0.15) is 0 Å². The van der Waals surface area contributed by atoms with E-state index in [1.807, 2.05) is 0 Å². The lowest BCUT2D eigenvalue weighted by Gasteiger charge is -2.17. The van der Waals surface area contributed by atoms with E-state index >= 15 is 0 Å². The summed E-state index contributed by atoms with van der Waals surface area (Å²) in [5.74, 6) is -0.968. The van der Waals surface area contributed by atoms with Crippen LogP contribution in [0.3, 0.4) is 0 Å². The molecule has 25 heavy (non-hydrogen) atoms. The van der Waals surface area contributed by atoms with E-state index in [1.165, 1.54) is 103 Å². The molecule has 0 saturated heterocycles. The van der Waals surface area contributed by atoms with Gasteiger partial charge < -0.3 is 15.7 Å². The van der Waals surface area contributed by atoms with E-state index in [1.54, 1.807) is 0 Å². The van der Waals surface area contributed by atoms with Crippen LogP contribution in [0.2, 0.25) is 0 Å². The summed E-state index contributed by atoms with van der Waals surface area (Å²) in [6.45, 7) is 10.3. The van der Waals surface area contributed by atoms with Crippen molar-refractivity contribution in [2.45, 2.75) is 104 Å². The monoisotopic (exact) mass is 358 g/mol. The van der Waals surface area contributed by atoms with Crippen molar-refractivity contribution in [2.75, 3.05) is 26.2 Å². The van der Waals surface area contributed by atoms with Gasteiger partial charge in [0, 0.05) is 0 Å². The third kappa shape index (κ3) is 25.7. The van der Waals surface area contributed by atoms with Gasteiger partial charge in [-0.15, -0.1) is 0 Å². The Kier molecular flexibility index (Phi) is 24.9. The molecule has 0 unspecified atom stereocenters. The molecule has 0 aliphatic carbocycles. The number of carbonyl (C=O) groups is 1. The van der Waals surface area contributed by atoms with Crippen LogP contribution >= 0.6 is 0 Å². The molecule has 0 aliphatic rings. The largest absolute Gasteiger partial charge is 0.480 e. The van der Waals surface area contributed by atoms with Crippen LogP contribution in [0.5, 0.6) is 0 Å². The first kappa shape index (κ1) is 26.6. The van der Waals surface area contributed by atoms with Crippen molar-refractivity contribution >= 4 is 5.97 Å². The Morgan fingerprint density at radius 3 is 1.32 bits per heavy atom. The highest BCUT2D eigenvalue weighted by atomic mass is 16.4. The molecule has 0 aliphatic heterocycles. The predicted octanol–water partition coefficient (Wildman–Crippen LogP) is 5.45. The molecule has 4 heteroatoms. The molecule has 152 valence electrons. The van der Waals surface area contributed by atoms with E-state index in [9.17, 15) is 4.79 Å². The number of aliphatic carboxylic acids is 1.